The number of rotatable bonds is 7. The number of carbonyl (C=O) groups excluding carboxylic acids is 1. The summed E-state index contributed by atoms with van der Waals surface area (Å²) in [7, 11) is 0. The van der Waals surface area contributed by atoms with Gasteiger partial charge in [0.2, 0.25) is 5.91 Å². The monoisotopic (exact) mass is 430 g/mol. The van der Waals surface area contributed by atoms with Crippen molar-refractivity contribution in [2.45, 2.75) is 71.9 Å². The number of pyridine rings is 1. The van der Waals surface area contributed by atoms with Crippen LogP contribution in [0.2, 0.25) is 0 Å². The number of hydrogen-bond donors (Lipinski definition) is 0. The van der Waals surface area contributed by atoms with Crippen LogP contribution in [-0.4, -0.2) is 77.7 Å². The van der Waals surface area contributed by atoms with E-state index in [0.717, 1.165) is 63.7 Å². The number of ether oxygens (including phenoxy) is 1. The van der Waals surface area contributed by atoms with Gasteiger partial charge in [0.15, 0.2) is 0 Å². The van der Waals surface area contributed by atoms with Gasteiger partial charge in [0.25, 0.3) is 0 Å². The number of nitrogens with zero attached hydrogens (tertiary/aromatic N) is 4. The van der Waals surface area contributed by atoms with Gasteiger partial charge in [0, 0.05) is 63.5 Å². The first kappa shape index (κ1) is 24.1. The summed E-state index contributed by atoms with van der Waals surface area (Å²) in [6.45, 7) is 19.7. The number of piperazine rings is 1. The Bertz CT molecular complexity index is 743. The topological polar surface area (TPSA) is 48.9 Å². The summed E-state index contributed by atoms with van der Waals surface area (Å²) in [4.78, 5) is 25.0. The van der Waals surface area contributed by atoms with Gasteiger partial charge in [-0.3, -0.25) is 14.6 Å². The Morgan fingerprint density at radius 1 is 1.23 bits per heavy atom. The molecule has 0 aliphatic carbocycles. The highest BCUT2D eigenvalue weighted by atomic mass is 16.5. The zero-order chi connectivity index (χ0) is 22.6. The van der Waals surface area contributed by atoms with Gasteiger partial charge < -0.3 is 9.64 Å². The van der Waals surface area contributed by atoms with E-state index in [2.05, 4.69) is 37.5 Å². The second kappa shape index (κ2) is 9.97. The summed E-state index contributed by atoms with van der Waals surface area (Å²) in [6.07, 6.45) is 2.34. The van der Waals surface area contributed by atoms with E-state index in [-0.39, 0.29) is 17.0 Å². The fourth-order valence-electron chi connectivity index (χ4n) is 5.34. The van der Waals surface area contributed by atoms with E-state index in [0.29, 0.717) is 18.9 Å². The average molecular weight is 431 g/mol. The lowest BCUT2D eigenvalue weighted by atomic mass is 9.78. The van der Waals surface area contributed by atoms with Crippen LogP contribution in [0.5, 0.6) is 0 Å². The second-order valence-corrected chi connectivity index (χ2v) is 10.4. The molecule has 2 fully saturated rings. The van der Waals surface area contributed by atoms with E-state index in [1.54, 1.807) is 0 Å². The molecule has 1 amide bonds. The van der Waals surface area contributed by atoms with Gasteiger partial charge in [-0.15, -0.1) is 0 Å². The Labute approximate surface area is 188 Å². The molecule has 2 aliphatic heterocycles. The van der Waals surface area contributed by atoms with Crippen LogP contribution in [0, 0.1) is 12.8 Å². The number of carbonyl (C=O) groups is 1. The fourth-order valence-corrected chi connectivity index (χ4v) is 5.34. The van der Waals surface area contributed by atoms with Gasteiger partial charge in [-0.1, -0.05) is 26.8 Å². The molecule has 174 valence electrons. The Morgan fingerprint density at radius 2 is 1.94 bits per heavy atom. The molecule has 6 nitrogen and oxygen atoms in total. The molecular formula is C25H42N4O2. The lowest BCUT2D eigenvalue weighted by molar-refractivity contribution is -0.130. The van der Waals surface area contributed by atoms with Gasteiger partial charge in [0.1, 0.15) is 5.82 Å². The van der Waals surface area contributed by atoms with E-state index in [1.165, 1.54) is 0 Å². The minimum absolute atomic E-state index is 0.0953. The quantitative estimate of drug-likeness (QED) is 0.660. The predicted molar refractivity (Wildman–Crippen MR) is 126 cm³/mol. The molecule has 0 N–H and O–H groups in total. The molecule has 6 heteroatoms. The molecular weight excluding hydrogens is 388 g/mol. The predicted octanol–water partition coefficient (Wildman–Crippen LogP) is 3.73. The van der Waals surface area contributed by atoms with Crippen molar-refractivity contribution < 1.29 is 9.53 Å². The maximum atomic E-state index is 13.1. The molecule has 1 unspecified atom stereocenters. The molecule has 1 aromatic heterocycles. The number of aryl methyl sites for hydroxylation is 1. The van der Waals surface area contributed by atoms with Crippen LogP contribution in [0.3, 0.4) is 0 Å². The average Bonchev–Trinajstić information content (AvgIpc) is 2.71. The zero-order valence-corrected chi connectivity index (χ0v) is 20.5. The molecule has 0 spiro atoms. The lowest BCUT2D eigenvalue weighted by Crippen LogP contribution is -2.66. The summed E-state index contributed by atoms with van der Waals surface area (Å²) < 4.78 is 6.12. The van der Waals surface area contributed by atoms with Crippen LogP contribution in [0.4, 0.5) is 5.82 Å². The van der Waals surface area contributed by atoms with E-state index >= 15 is 0 Å². The Balaban J connectivity index is 1.88. The zero-order valence-electron chi connectivity index (χ0n) is 20.5. The first-order chi connectivity index (χ1) is 14.6. The molecule has 2 aliphatic rings. The van der Waals surface area contributed by atoms with Crippen LogP contribution < -0.4 is 4.90 Å². The van der Waals surface area contributed by atoms with E-state index in [1.807, 2.05) is 36.9 Å². The van der Waals surface area contributed by atoms with Crippen LogP contribution in [-0.2, 0) is 9.53 Å². The Kier molecular flexibility index (Phi) is 7.76. The molecule has 3 rings (SSSR count). The standard InChI is InChI=1S/C25H42N4O2/c1-7-23(30)29(22-10-8-9-21(4)26-22)19-25(11-16-31-24(5,6)18-25)28-14-12-27(13-15-28)17-20(2)3/h8-10,20H,7,11-19H2,1-6H3. The van der Waals surface area contributed by atoms with E-state index in [9.17, 15) is 4.79 Å². The molecule has 0 bridgehead atoms. The van der Waals surface area contributed by atoms with Crippen molar-refractivity contribution in [2.24, 2.45) is 5.92 Å². The highest BCUT2D eigenvalue weighted by Crippen LogP contribution is 2.38. The van der Waals surface area contributed by atoms with Crippen molar-refractivity contribution in [1.29, 1.82) is 0 Å². The van der Waals surface area contributed by atoms with Crippen molar-refractivity contribution in [1.82, 2.24) is 14.8 Å². The minimum Gasteiger partial charge on any atom is -0.375 e. The lowest BCUT2D eigenvalue weighted by Gasteiger charge is -2.54. The number of hydrogen-bond acceptors (Lipinski definition) is 5. The fraction of sp³-hybridized carbons (Fsp3) is 0.760. The van der Waals surface area contributed by atoms with Crippen LogP contribution >= 0.6 is 0 Å². The molecule has 3 heterocycles. The van der Waals surface area contributed by atoms with E-state index < -0.39 is 0 Å². The summed E-state index contributed by atoms with van der Waals surface area (Å²) >= 11 is 0. The third-order valence-electron chi connectivity index (χ3n) is 6.69. The van der Waals surface area contributed by atoms with Gasteiger partial charge in [-0.05, 0) is 51.7 Å². The minimum atomic E-state index is -0.200. The van der Waals surface area contributed by atoms with E-state index in [4.69, 9.17) is 9.72 Å². The van der Waals surface area contributed by atoms with Gasteiger partial charge in [0.05, 0.1) is 5.60 Å². The van der Waals surface area contributed by atoms with Crippen LogP contribution in [0.1, 0.15) is 59.6 Å². The van der Waals surface area contributed by atoms with Crippen molar-refractivity contribution in [3.05, 3.63) is 23.9 Å². The van der Waals surface area contributed by atoms with Crippen molar-refractivity contribution in [3.63, 3.8) is 0 Å². The third kappa shape index (κ3) is 6.05. The van der Waals surface area contributed by atoms with Crippen LogP contribution in [0.15, 0.2) is 18.2 Å². The maximum absolute atomic E-state index is 13.1. The largest absolute Gasteiger partial charge is 0.375 e. The first-order valence-corrected chi connectivity index (χ1v) is 12.0. The number of anilines is 1. The third-order valence-corrected chi connectivity index (χ3v) is 6.69. The van der Waals surface area contributed by atoms with Crippen molar-refractivity contribution >= 4 is 11.7 Å². The molecule has 0 saturated carbocycles. The summed E-state index contributed by atoms with van der Waals surface area (Å²) in [5, 5.41) is 0. The molecule has 1 aromatic rings. The molecule has 2 saturated heterocycles. The van der Waals surface area contributed by atoms with Gasteiger partial charge in [-0.2, -0.15) is 0 Å². The summed E-state index contributed by atoms with van der Waals surface area (Å²) in [5.74, 6) is 1.60. The normalized spacial score (nSPS) is 25.0. The SMILES string of the molecule is CCC(=O)N(CC1(N2CCN(CC(C)C)CC2)CCOC(C)(C)C1)c1cccc(C)n1. The van der Waals surface area contributed by atoms with Gasteiger partial charge in [-0.25, -0.2) is 4.98 Å². The van der Waals surface area contributed by atoms with Gasteiger partial charge >= 0.3 is 0 Å². The summed E-state index contributed by atoms with van der Waals surface area (Å²) in [5.41, 5.74) is 0.644. The molecule has 0 radical (unpaired) electrons. The van der Waals surface area contributed by atoms with Crippen LogP contribution in [0.25, 0.3) is 0 Å². The van der Waals surface area contributed by atoms with Crippen molar-refractivity contribution in [2.75, 3.05) is 50.8 Å². The number of aromatic nitrogens is 1. The highest BCUT2D eigenvalue weighted by molar-refractivity contribution is 5.92. The first-order valence-electron chi connectivity index (χ1n) is 12.0. The maximum Gasteiger partial charge on any atom is 0.227 e. The molecule has 0 aromatic carbocycles. The Morgan fingerprint density at radius 3 is 2.52 bits per heavy atom. The smallest absolute Gasteiger partial charge is 0.227 e. The Hall–Kier alpha value is -1.50. The van der Waals surface area contributed by atoms with Crippen molar-refractivity contribution in [3.8, 4) is 0 Å². The highest BCUT2D eigenvalue weighted by Gasteiger charge is 2.47. The molecule has 31 heavy (non-hydrogen) atoms. The summed E-state index contributed by atoms with van der Waals surface area (Å²) in [6, 6.07) is 5.96. The number of amides is 1. The molecule has 1 atom stereocenters. The second-order valence-electron chi connectivity index (χ2n) is 10.4.